The van der Waals surface area contributed by atoms with E-state index in [1.54, 1.807) is 42.5 Å². The SMILES string of the molecule is CC1(C)C(NC(=O)c2ccc(S)cc2)C(C)(C)C1Oc1ccc(C#N)c(Cl)c1. The zero-order chi connectivity index (χ0) is 20.7. The highest BCUT2D eigenvalue weighted by molar-refractivity contribution is 7.80. The maximum absolute atomic E-state index is 12.7. The summed E-state index contributed by atoms with van der Waals surface area (Å²) in [6, 6.07) is 14.2. The molecule has 0 spiro atoms. The van der Waals surface area contributed by atoms with Crippen molar-refractivity contribution in [2.75, 3.05) is 0 Å². The molecule has 2 aromatic rings. The molecule has 4 nitrogen and oxygen atoms in total. The van der Waals surface area contributed by atoms with Crippen LogP contribution in [0.3, 0.4) is 0 Å². The van der Waals surface area contributed by atoms with Gasteiger partial charge in [0, 0.05) is 33.4 Å². The standard InChI is InChI=1S/C22H23ClN2O2S/c1-21(2)19(25-18(26)13-6-9-16(28)10-7-13)22(3,4)20(21)27-15-8-5-14(12-24)17(23)11-15/h5-11,19-20,28H,1-4H3,(H,25,26). The molecular formula is C22H23ClN2O2S. The maximum atomic E-state index is 12.7. The van der Waals surface area contributed by atoms with Crippen molar-refractivity contribution in [2.45, 2.75) is 44.7 Å². The first-order valence-electron chi connectivity index (χ1n) is 9.03. The van der Waals surface area contributed by atoms with Gasteiger partial charge in [0.05, 0.1) is 10.6 Å². The second-order valence-corrected chi connectivity index (χ2v) is 9.27. The monoisotopic (exact) mass is 414 g/mol. The smallest absolute Gasteiger partial charge is 0.251 e. The zero-order valence-corrected chi connectivity index (χ0v) is 17.9. The molecule has 1 fully saturated rings. The van der Waals surface area contributed by atoms with Gasteiger partial charge in [0.15, 0.2) is 0 Å². The van der Waals surface area contributed by atoms with Gasteiger partial charge in [0.2, 0.25) is 0 Å². The summed E-state index contributed by atoms with van der Waals surface area (Å²) in [7, 11) is 0. The molecule has 1 saturated carbocycles. The number of ether oxygens (including phenoxy) is 1. The van der Waals surface area contributed by atoms with E-state index in [2.05, 4.69) is 45.6 Å². The van der Waals surface area contributed by atoms with E-state index >= 15 is 0 Å². The van der Waals surface area contributed by atoms with E-state index in [0.29, 0.717) is 21.9 Å². The summed E-state index contributed by atoms with van der Waals surface area (Å²) in [5.74, 6) is 0.503. The molecule has 0 saturated heterocycles. The number of hydrogen-bond donors (Lipinski definition) is 2. The van der Waals surface area contributed by atoms with Gasteiger partial charge in [-0.3, -0.25) is 4.79 Å². The number of benzene rings is 2. The van der Waals surface area contributed by atoms with E-state index in [1.807, 2.05) is 6.07 Å². The Hall–Kier alpha value is -2.16. The summed E-state index contributed by atoms with van der Waals surface area (Å²) in [4.78, 5) is 13.5. The van der Waals surface area contributed by atoms with Crippen LogP contribution in [0.2, 0.25) is 5.02 Å². The van der Waals surface area contributed by atoms with Crippen LogP contribution in [-0.4, -0.2) is 18.1 Å². The molecule has 6 heteroatoms. The molecule has 2 aromatic carbocycles. The van der Waals surface area contributed by atoms with E-state index in [4.69, 9.17) is 21.6 Å². The predicted octanol–water partition coefficient (Wildman–Crippen LogP) is 5.11. The average molecular weight is 415 g/mol. The van der Waals surface area contributed by atoms with Gasteiger partial charge >= 0.3 is 0 Å². The Morgan fingerprint density at radius 2 is 1.75 bits per heavy atom. The first kappa shape index (κ1) is 20.6. The Morgan fingerprint density at radius 1 is 1.14 bits per heavy atom. The van der Waals surface area contributed by atoms with E-state index in [-0.39, 0.29) is 28.9 Å². The van der Waals surface area contributed by atoms with E-state index in [9.17, 15) is 4.79 Å². The minimum Gasteiger partial charge on any atom is -0.489 e. The van der Waals surface area contributed by atoms with Crippen molar-refractivity contribution in [1.82, 2.24) is 5.32 Å². The minimum atomic E-state index is -0.289. The number of thiol groups is 1. The van der Waals surface area contributed by atoms with Crippen LogP contribution in [0, 0.1) is 22.2 Å². The van der Waals surface area contributed by atoms with Gasteiger partial charge in [-0.1, -0.05) is 39.3 Å². The van der Waals surface area contributed by atoms with Crippen LogP contribution < -0.4 is 10.1 Å². The molecule has 1 aliphatic rings. The van der Waals surface area contributed by atoms with Crippen molar-refractivity contribution < 1.29 is 9.53 Å². The molecule has 0 heterocycles. The highest BCUT2D eigenvalue weighted by Gasteiger charge is 2.64. The number of rotatable bonds is 4. The van der Waals surface area contributed by atoms with Gasteiger partial charge in [0.1, 0.15) is 17.9 Å². The summed E-state index contributed by atoms with van der Waals surface area (Å²) >= 11 is 10.4. The van der Waals surface area contributed by atoms with Gasteiger partial charge in [0.25, 0.3) is 5.91 Å². The molecule has 146 valence electrons. The van der Waals surface area contributed by atoms with E-state index in [0.717, 1.165) is 4.90 Å². The first-order valence-corrected chi connectivity index (χ1v) is 9.86. The quantitative estimate of drug-likeness (QED) is 0.683. The number of halogens is 1. The maximum Gasteiger partial charge on any atom is 0.251 e. The fourth-order valence-electron chi connectivity index (χ4n) is 4.42. The Bertz CT molecular complexity index is 932. The lowest BCUT2D eigenvalue weighted by Crippen LogP contribution is -2.74. The van der Waals surface area contributed by atoms with Crippen molar-refractivity contribution in [1.29, 1.82) is 5.26 Å². The van der Waals surface area contributed by atoms with Gasteiger partial charge in [-0.05, 0) is 36.4 Å². The second kappa shape index (κ2) is 7.35. The van der Waals surface area contributed by atoms with Gasteiger partial charge in [-0.15, -0.1) is 12.6 Å². The predicted molar refractivity (Wildman–Crippen MR) is 113 cm³/mol. The molecule has 0 radical (unpaired) electrons. The summed E-state index contributed by atoms with van der Waals surface area (Å²) in [5.41, 5.74) is 0.442. The normalized spacial score (nSPS) is 21.9. The van der Waals surface area contributed by atoms with Crippen LogP contribution >= 0.6 is 24.2 Å². The summed E-state index contributed by atoms with van der Waals surface area (Å²) in [6.45, 7) is 8.32. The summed E-state index contributed by atoms with van der Waals surface area (Å²) in [6.07, 6.45) is -0.130. The lowest BCUT2D eigenvalue weighted by Gasteiger charge is -2.63. The van der Waals surface area contributed by atoms with Crippen LogP contribution in [0.15, 0.2) is 47.4 Å². The third-order valence-electron chi connectivity index (χ3n) is 5.56. The highest BCUT2D eigenvalue weighted by atomic mass is 35.5. The third kappa shape index (κ3) is 3.59. The van der Waals surface area contributed by atoms with Gasteiger partial charge < -0.3 is 10.1 Å². The van der Waals surface area contributed by atoms with Gasteiger partial charge in [-0.2, -0.15) is 5.26 Å². The molecule has 0 atom stereocenters. The average Bonchev–Trinajstić information content (AvgIpc) is 2.64. The Kier molecular flexibility index (Phi) is 5.40. The Balaban J connectivity index is 1.76. The fourth-order valence-corrected chi connectivity index (χ4v) is 4.78. The summed E-state index contributed by atoms with van der Waals surface area (Å²) < 4.78 is 6.24. The minimum absolute atomic E-state index is 0.0676. The van der Waals surface area contributed by atoms with Crippen molar-refractivity contribution >= 4 is 30.1 Å². The largest absolute Gasteiger partial charge is 0.489 e. The first-order chi connectivity index (χ1) is 13.1. The molecule has 0 bridgehead atoms. The highest BCUT2D eigenvalue weighted by Crippen LogP contribution is 2.55. The number of nitrogens with one attached hydrogen (secondary N) is 1. The molecule has 1 amide bonds. The van der Waals surface area contributed by atoms with Crippen molar-refractivity contribution in [3.8, 4) is 11.8 Å². The van der Waals surface area contributed by atoms with Crippen LogP contribution in [0.25, 0.3) is 0 Å². The summed E-state index contributed by atoms with van der Waals surface area (Å²) in [5, 5.41) is 12.6. The molecule has 0 aromatic heterocycles. The number of carbonyl (C=O) groups is 1. The molecule has 28 heavy (non-hydrogen) atoms. The van der Waals surface area contributed by atoms with Crippen molar-refractivity contribution in [2.24, 2.45) is 10.8 Å². The number of nitrogens with zero attached hydrogens (tertiary/aromatic N) is 1. The van der Waals surface area contributed by atoms with Crippen LogP contribution in [0.1, 0.15) is 43.6 Å². The Labute approximate surface area is 176 Å². The van der Waals surface area contributed by atoms with Crippen LogP contribution in [0.4, 0.5) is 0 Å². The third-order valence-corrected chi connectivity index (χ3v) is 6.17. The molecular weight excluding hydrogens is 392 g/mol. The number of hydrogen-bond acceptors (Lipinski definition) is 4. The molecule has 0 aliphatic heterocycles. The number of nitriles is 1. The lowest BCUT2D eigenvalue weighted by molar-refractivity contribution is -0.164. The molecule has 1 aliphatic carbocycles. The Morgan fingerprint density at radius 3 is 2.29 bits per heavy atom. The molecule has 0 unspecified atom stereocenters. The lowest BCUT2D eigenvalue weighted by atomic mass is 9.49. The second-order valence-electron chi connectivity index (χ2n) is 8.35. The number of amides is 1. The van der Waals surface area contributed by atoms with Crippen LogP contribution in [-0.2, 0) is 0 Å². The van der Waals surface area contributed by atoms with E-state index in [1.165, 1.54) is 0 Å². The van der Waals surface area contributed by atoms with E-state index < -0.39 is 0 Å². The topological polar surface area (TPSA) is 62.1 Å². The molecule has 3 rings (SSSR count). The van der Waals surface area contributed by atoms with Crippen LogP contribution in [0.5, 0.6) is 5.75 Å². The van der Waals surface area contributed by atoms with Gasteiger partial charge in [-0.25, -0.2) is 0 Å². The van der Waals surface area contributed by atoms with Crippen molar-refractivity contribution in [3.05, 3.63) is 58.6 Å². The van der Waals surface area contributed by atoms with Crippen molar-refractivity contribution in [3.63, 3.8) is 0 Å². The number of carbonyl (C=O) groups excluding carboxylic acids is 1. The fraction of sp³-hybridized carbons (Fsp3) is 0.364. The molecule has 1 N–H and O–H groups in total. The zero-order valence-electron chi connectivity index (χ0n) is 16.3.